The summed E-state index contributed by atoms with van der Waals surface area (Å²) >= 11 is 0. The molecule has 31 heavy (non-hydrogen) atoms. The molecule has 1 unspecified atom stereocenters. The Morgan fingerprint density at radius 3 is 2.42 bits per heavy atom. The van der Waals surface area contributed by atoms with E-state index >= 15 is 0 Å². The lowest BCUT2D eigenvalue weighted by Crippen LogP contribution is -2.44. The Bertz CT molecular complexity index is 776. The Hall–Kier alpha value is -2.35. The van der Waals surface area contributed by atoms with Crippen molar-refractivity contribution in [2.45, 2.75) is 71.9 Å². The van der Waals surface area contributed by atoms with Crippen LogP contribution < -0.4 is 0 Å². The highest BCUT2D eigenvalue weighted by Crippen LogP contribution is 2.54. The fraction of sp³-hybridized carbons (Fsp3) is 0.696. The third-order valence-corrected chi connectivity index (χ3v) is 5.86. The van der Waals surface area contributed by atoms with Gasteiger partial charge in [0, 0.05) is 25.3 Å². The number of rotatable bonds is 9. The molecule has 3 rings (SSSR count). The molecule has 172 valence electrons. The maximum absolute atomic E-state index is 12.5. The van der Waals surface area contributed by atoms with Crippen LogP contribution in [0.4, 0.5) is 0 Å². The van der Waals surface area contributed by atoms with Crippen LogP contribution in [0.1, 0.15) is 53.9 Å². The van der Waals surface area contributed by atoms with Gasteiger partial charge in [0.1, 0.15) is 12.2 Å². The van der Waals surface area contributed by atoms with E-state index in [1.165, 1.54) is 13.2 Å². The van der Waals surface area contributed by atoms with Crippen LogP contribution in [0, 0.1) is 17.8 Å². The van der Waals surface area contributed by atoms with Crippen molar-refractivity contribution in [3.8, 4) is 0 Å². The Kier molecular flexibility index (Phi) is 7.09. The monoisotopic (exact) mass is 436 g/mol. The molecule has 1 spiro atoms. The van der Waals surface area contributed by atoms with Crippen LogP contribution in [0.25, 0.3) is 0 Å². The number of ether oxygens (including phenoxy) is 5. The van der Waals surface area contributed by atoms with Gasteiger partial charge in [-0.05, 0) is 23.5 Å². The molecule has 0 bridgehead atoms. The van der Waals surface area contributed by atoms with Gasteiger partial charge in [-0.1, -0.05) is 34.1 Å². The first-order valence-corrected chi connectivity index (χ1v) is 10.9. The van der Waals surface area contributed by atoms with E-state index in [2.05, 4.69) is 0 Å². The molecule has 8 heteroatoms. The fourth-order valence-corrected chi connectivity index (χ4v) is 3.91. The van der Waals surface area contributed by atoms with Gasteiger partial charge in [-0.2, -0.15) is 0 Å². The van der Waals surface area contributed by atoms with E-state index in [4.69, 9.17) is 23.7 Å². The van der Waals surface area contributed by atoms with Gasteiger partial charge in [-0.3, -0.25) is 14.4 Å². The number of esters is 3. The summed E-state index contributed by atoms with van der Waals surface area (Å²) in [5, 5.41) is 0. The maximum atomic E-state index is 12.5. The molecule has 0 aromatic rings. The quantitative estimate of drug-likeness (QED) is 0.309. The number of carbonyl (C=O) groups excluding carboxylic acids is 3. The molecule has 8 nitrogen and oxygen atoms in total. The van der Waals surface area contributed by atoms with Crippen molar-refractivity contribution in [2.24, 2.45) is 17.8 Å². The molecule has 1 saturated heterocycles. The van der Waals surface area contributed by atoms with Crippen molar-refractivity contribution in [1.29, 1.82) is 0 Å². The second kappa shape index (κ2) is 9.42. The maximum Gasteiger partial charge on any atom is 0.309 e. The summed E-state index contributed by atoms with van der Waals surface area (Å²) in [6.07, 6.45) is 3.18. The molecular formula is C23H32O8. The molecule has 0 aromatic heterocycles. The smallest absolute Gasteiger partial charge is 0.309 e. The standard InChI is InChI=1S/C23H32O8/c1-6-14(4)8-20(26)30-18-9-17-16(10-27-15(5)24)11-28-22(21(17)23(18)12-29-23)31-19(25)7-13(2)3/h9,11,13-14,18,21-22H,6-8,10,12H2,1-5H3/t14?,18-,21+,22-,23+/m0/s1. The average Bonchev–Trinajstić information content (AvgIpc) is 3.40. The van der Waals surface area contributed by atoms with Crippen molar-refractivity contribution in [2.75, 3.05) is 13.2 Å². The minimum atomic E-state index is -0.903. The summed E-state index contributed by atoms with van der Waals surface area (Å²) in [6, 6.07) is 0. The highest BCUT2D eigenvalue weighted by molar-refractivity contribution is 5.71. The molecule has 5 atom stereocenters. The van der Waals surface area contributed by atoms with E-state index in [9.17, 15) is 14.4 Å². The van der Waals surface area contributed by atoms with Crippen LogP contribution in [0.2, 0.25) is 0 Å². The van der Waals surface area contributed by atoms with Crippen molar-refractivity contribution in [3.05, 3.63) is 23.5 Å². The fourth-order valence-electron chi connectivity index (χ4n) is 3.91. The lowest BCUT2D eigenvalue weighted by Gasteiger charge is -2.33. The molecule has 0 aromatic carbocycles. The van der Waals surface area contributed by atoms with Crippen LogP contribution in [0.15, 0.2) is 23.5 Å². The number of hydrogen-bond donors (Lipinski definition) is 0. The predicted molar refractivity (Wildman–Crippen MR) is 109 cm³/mol. The van der Waals surface area contributed by atoms with Crippen LogP contribution in [-0.2, 0) is 38.1 Å². The Balaban J connectivity index is 1.82. The normalized spacial score (nSPS) is 29.4. The third-order valence-electron chi connectivity index (χ3n) is 5.86. The Morgan fingerprint density at radius 1 is 1.16 bits per heavy atom. The van der Waals surface area contributed by atoms with Gasteiger partial charge < -0.3 is 23.7 Å². The van der Waals surface area contributed by atoms with Crippen LogP contribution in [-0.4, -0.2) is 49.1 Å². The van der Waals surface area contributed by atoms with Crippen LogP contribution in [0.5, 0.6) is 0 Å². The van der Waals surface area contributed by atoms with E-state index in [-0.39, 0.29) is 36.8 Å². The van der Waals surface area contributed by atoms with Crippen molar-refractivity contribution >= 4 is 17.9 Å². The summed E-state index contributed by atoms with van der Waals surface area (Å²) in [6.45, 7) is 9.56. The number of hydrogen-bond acceptors (Lipinski definition) is 8. The highest BCUT2D eigenvalue weighted by atomic mass is 16.7. The molecule has 2 aliphatic heterocycles. The molecule has 0 radical (unpaired) electrons. The zero-order valence-electron chi connectivity index (χ0n) is 18.8. The molecular weight excluding hydrogens is 404 g/mol. The van der Waals surface area contributed by atoms with E-state index in [0.29, 0.717) is 18.6 Å². The van der Waals surface area contributed by atoms with E-state index in [0.717, 1.165) is 12.0 Å². The van der Waals surface area contributed by atoms with Gasteiger partial charge in [0.15, 0.2) is 6.10 Å². The zero-order chi connectivity index (χ0) is 22.8. The Morgan fingerprint density at radius 2 is 1.84 bits per heavy atom. The first-order chi connectivity index (χ1) is 14.7. The second-order valence-corrected chi connectivity index (χ2v) is 8.99. The van der Waals surface area contributed by atoms with Crippen LogP contribution in [0.3, 0.4) is 0 Å². The minimum absolute atomic E-state index is 0.00788. The van der Waals surface area contributed by atoms with Crippen LogP contribution >= 0.6 is 0 Å². The second-order valence-electron chi connectivity index (χ2n) is 8.99. The zero-order valence-corrected chi connectivity index (χ0v) is 18.8. The van der Waals surface area contributed by atoms with Crippen molar-refractivity contribution < 1.29 is 38.1 Å². The van der Waals surface area contributed by atoms with Gasteiger partial charge in [-0.25, -0.2) is 0 Å². The highest BCUT2D eigenvalue weighted by Gasteiger charge is 2.67. The van der Waals surface area contributed by atoms with Crippen molar-refractivity contribution in [3.63, 3.8) is 0 Å². The summed E-state index contributed by atoms with van der Waals surface area (Å²) < 4.78 is 28.1. The third kappa shape index (κ3) is 5.29. The molecule has 3 aliphatic rings. The summed E-state index contributed by atoms with van der Waals surface area (Å²) in [5.74, 6) is -1.21. The van der Waals surface area contributed by atoms with E-state index in [1.807, 2.05) is 33.8 Å². The predicted octanol–water partition coefficient (Wildman–Crippen LogP) is 3.05. The lowest BCUT2D eigenvalue weighted by molar-refractivity contribution is -0.186. The van der Waals surface area contributed by atoms with E-state index in [1.54, 1.807) is 0 Å². The number of epoxide rings is 1. The molecule has 1 aliphatic carbocycles. The Labute approximate surface area is 182 Å². The molecule has 1 fully saturated rings. The summed E-state index contributed by atoms with van der Waals surface area (Å²) in [7, 11) is 0. The van der Waals surface area contributed by atoms with Gasteiger partial charge in [0.25, 0.3) is 6.29 Å². The van der Waals surface area contributed by atoms with Gasteiger partial charge in [0.05, 0.1) is 18.8 Å². The number of fused-ring (bicyclic) bond motifs is 2. The van der Waals surface area contributed by atoms with Gasteiger partial charge >= 0.3 is 17.9 Å². The minimum Gasteiger partial charge on any atom is -0.461 e. The molecule has 0 saturated carbocycles. The van der Waals surface area contributed by atoms with Crippen molar-refractivity contribution in [1.82, 2.24) is 0 Å². The molecule has 0 amide bonds. The topological polar surface area (TPSA) is 101 Å². The SMILES string of the molecule is CCC(C)CC(=O)O[C@H]1C=C2C(COC(C)=O)=CO[C@@H](OC(=O)CC(C)C)[C@@H]2[C@@]12CO2. The van der Waals surface area contributed by atoms with Gasteiger partial charge in [-0.15, -0.1) is 0 Å². The largest absolute Gasteiger partial charge is 0.461 e. The molecule has 0 N–H and O–H groups in total. The first kappa shape index (κ1) is 23.3. The average molecular weight is 437 g/mol. The summed E-state index contributed by atoms with van der Waals surface area (Å²) in [4.78, 5) is 36.1. The van der Waals surface area contributed by atoms with E-state index < -0.39 is 29.9 Å². The number of carbonyl (C=O) groups is 3. The lowest BCUT2D eigenvalue weighted by atomic mass is 9.85. The first-order valence-electron chi connectivity index (χ1n) is 10.9. The summed E-state index contributed by atoms with van der Waals surface area (Å²) in [5.41, 5.74) is 0.555. The van der Waals surface area contributed by atoms with Gasteiger partial charge in [0.2, 0.25) is 0 Å². The molecule has 2 heterocycles.